The summed E-state index contributed by atoms with van der Waals surface area (Å²) in [6, 6.07) is 0. The molecule has 0 aliphatic carbocycles. The smallest absolute Gasteiger partial charge is 0.0187 e. The summed E-state index contributed by atoms with van der Waals surface area (Å²) in [4.78, 5) is 2.63. The van der Waals surface area contributed by atoms with Gasteiger partial charge in [0.05, 0.1) is 0 Å². The molecule has 0 saturated carbocycles. The second-order valence-corrected chi connectivity index (χ2v) is 6.04. The molecule has 0 radical (unpaired) electrons. The van der Waals surface area contributed by atoms with E-state index < -0.39 is 0 Å². The van der Waals surface area contributed by atoms with Gasteiger partial charge in [0.25, 0.3) is 0 Å². The number of rotatable bonds is 2. The van der Waals surface area contributed by atoms with E-state index in [0.717, 1.165) is 12.5 Å². The number of hydrogen-bond donors (Lipinski definition) is 1. The van der Waals surface area contributed by atoms with E-state index in [1.807, 2.05) is 0 Å². The Balaban J connectivity index is 2.76. The molecular weight excluding hydrogens is 172 g/mol. The van der Waals surface area contributed by atoms with Gasteiger partial charge in [0.15, 0.2) is 0 Å². The van der Waals surface area contributed by atoms with Crippen LogP contribution in [0.3, 0.4) is 0 Å². The Labute approximate surface area is 88.8 Å². The average Bonchev–Trinajstić information content (AvgIpc) is 2.26. The predicted molar refractivity (Wildman–Crippen MR) is 62.3 cm³/mol. The Hall–Kier alpha value is -0.0800. The normalized spacial score (nSPS) is 28.3. The van der Waals surface area contributed by atoms with E-state index in [2.05, 4.69) is 39.5 Å². The van der Waals surface area contributed by atoms with Crippen LogP contribution >= 0.6 is 0 Å². The maximum atomic E-state index is 5.67. The van der Waals surface area contributed by atoms with Gasteiger partial charge in [-0.25, -0.2) is 0 Å². The van der Waals surface area contributed by atoms with Crippen molar-refractivity contribution in [3.8, 4) is 0 Å². The molecule has 1 aliphatic rings. The monoisotopic (exact) mass is 198 g/mol. The zero-order valence-electron chi connectivity index (χ0n) is 10.4. The molecule has 1 aliphatic heterocycles. The lowest BCUT2D eigenvalue weighted by Gasteiger charge is -2.44. The zero-order valence-corrected chi connectivity index (χ0v) is 10.4. The van der Waals surface area contributed by atoms with Crippen molar-refractivity contribution in [1.82, 2.24) is 4.90 Å². The van der Waals surface area contributed by atoms with Gasteiger partial charge in [-0.3, -0.25) is 4.90 Å². The van der Waals surface area contributed by atoms with Gasteiger partial charge in [0, 0.05) is 11.1 Å². The number of nitrogens with two attached hydrogens (primary N) is 1. The fourth-order valence-corrected chi connectivity index (χ4v) is 3.05. The first-order valence-corrected chi connectivity index (χ1v) is 5.78. The molecule has 1 atom stereocenters. The topological polar surface area (TPSA) is 29.3 Å². The minimum atomic E-state index is 0.285. The van der Waals surface area contributed by atoms with Crippen LogP contribution in [0.5, 0.6) is 0 Å². The Kier molecular flexibility index (Phi) is 3.27. The highest BCUT2D eigenvalue weighted by Gasteiger charge is 2.44. The molecule has 0 spiro atoms. The van der Waals surface area contributed by atoms with Crippen LogP contribution in [0.2, 0.25) is 0 Å². The van der Waals surface area contributed by atoms with Crippen molar-refractivity contribution in [2.24, 2.45) is 11.7 Å². The molecule has 2 nitrogen and oxygen atoms in total. The van der Waals surface area contributed by atoms with E-state index in [1.54, 1.807) is 0 Å². The number of nitrogens with zero attached hydrogens (tertiary/aromatic N) is 1. The fraction of sp³-hybridized carbons (Fsp3) is 1.00. The molecule has 2 N–H and O–H groups in total. The largest absolute Gasteiger partial charge is 0.330 e. The third-order valence-corrected chi connectivity index (χ3v) is 3.72. The van der Waals surface area contributed by atoms with Crippen LogP contribution in [0.25, 0.3) is 0 Å². The van der Waals surface area contributed by atoms with Crippen molar-refractivity contribution in [3.63, 3.8) is 0 Å². The third kappa shape index (κ3) is 2.12. The molecule has 1 heterocycles. The summed E-state index contributed by atoms with van der Waals surface area (Å²) in [6.45, 7) is 13.7. The predicted octanol–water partition coefficient (Wildman–Crippen LogP) is 2.23. The maximum absolute atomic E-state index is 5.67. The van der Waals surface area contributed by atoms with E-state index >= 15 is 0 Å². The Morgan fingerprint density at radius 1 is 1.36 bits per heavy atom. The average molecular weight is 198 g/mol. The van der Waals surface area contributed by atoms with E-state index in [1.165, 1.54) is 19.4 Å². The molecule has 1 rings (SSSR count). The summed E-state index contributed by atoms with van der Waals surface area (Å²) in [6.07, 6.45) is 2.47. The van der Waals surface area contributed by atoms with Crippen LogP contribution in [-0.4, -0.2) is 29.1 Å². The summed E-state index contributed by atoms with van der Waals surface area (Å²) in [5.41, 5.74) is 6.27. The van der Waals surface area contributed by atoms with E-state index in [4.69, 9.17) is 5.73 Å². The van der Waals surface area contributed by atoms with Gasteiger partial charge in [-0.2, -0.15) is 0 Å². The highest BCUT2D eigenvalue weighted by atomic mass is 15.3. The molecule has 0 aromatic rings. The standard InChI is InChI=1S/C12H26N2/c1-11(2,3)14-9-7-10(6-8-13)12(14,4)5/h10H,6-9,13H2,1-5H3. The minimum Gasteiger partial charge on any atom is -0.330 e. The van der Waals surface area contributed by atoms with Crippen molar-refractivity contribution in [3.05, 3.63) is 0 Å². The zero-order chi connectivity index (χ0) is 11.0. The van der Waals surface area contributed by atoms with E-state index in [0.29, 0.717) is 5.54 Å². The first kappa shape index (κ1) is 12.0. The quantitative estimate of drug-likeness (QED) is 0.737. The molecule has 1 fully saturated rings. The minimum absolute atomic E-state index is 0.285. The number of hydrogen-bond acceptors (Lipinski definition) is 2. The lowest BCUT2D eigenvalue weighted by Crippen LogP contribution is -2.52. The van der Waals surface area contributed by atoms with Crippen LogP contribution in [0, 0.1) is 5.92 Å². The van der Waals surface area contributed by atoms with Crippen LogP contribution in [0.1, 0.15) is 47.5 Å². The molecule has 2 heteroatoms. The van der Waals surface area contributed by atoms with E-state index in [-0.39, 0.29) is 5.54 Å². The Bertz CT molecular complexity index is 191. The van der Waals surface area contributed by atoms with Gasteiger partial charge in [-0.05, 0) is 66.5 Å². The van der Waals surface area contributed by atoms with Gasteiger partial charge in [0.1, 0.15) is 0 Å². The lowest BCUT2D eigenvalue weighted by molar-refractivity contribution is 0.0458. The Morgan fingerprint density at radius 2 is 1.93 bits per heavy atom. The fourth-order valence-electron chi connectivity index (χ4n) is 3.05. The summed E-state index contributed by atoms with van der Waals surface area (Å²) >= 11 is 0. The molecule has 84 valence electrons. The van der Waals surface area contributed by atoms with Crippen molar-refractivity contribution < 1.29 is 0 Å². The van der Waals surface area contributed by atoms with Crippen molar-refractivity contribution >= 4 is 0 Å². The SMILES string of the molecule is CC(C)(C)N1CCC(CCN)C1(C)C. The molecular formula is C12H26N2. The molecule has 1 saturated heterocycles. The van der Waals surface area contributed by atoms with E-state index in [9.17, 15) is 0 Å². The van der Waals surface area contributed by atoms with Gasteiger partial charge >= 0.3 is 0 Å². The molecule has 0 amide bonds. The maximum Gasteiger partial charge on any atom is 0.0187 e. The lowest BCUT2D eigenvalue weighted by atomic mass is 9.84. The highest BCUT2D eigenvalue weighted by molar-refractivity contribution is 4.99. The van der Waals surface area contributed by atoms with Crippen LogP contribution < -0.4 is 5.73 Å². The first-order chi connectivity index (χ1) is 6.30. The third-order valence-electron chi connectivity index (χ3n) is 3.72. The first-order valence-electron chi connectivity index (χ1n) is 5.78. The Morgan fingerprint density at radius 3 is 2.29 bits per heavy atom. The van der Waals surface area contributed by atoms with Crippen LogP contribution in [0.4, 0.5) is 0 Å². The summed E-state index contributed by atoms with van der Waals surface area (Å²) < 4.78 is 0. The molecule has 0 aromatic heterocycles. The molecule has 0 aromatic carbocycles. The van der Waals surface area contributed by atoms with Gasteiger partial charge in [-0.15, -0.1) is 0 Å². The van der Waals surface area contributed by atoms with Crippen molar-refractivity contribution in [2.75, 3.05) is 13.1 Å². The van der Waals surface area contributed by atoms with Crippen molar-refractivity contribution in [1.29, 1.82) is 0 Å². The molecule has 1 unspecified atom stereocenters. The second-order valence-electron chi connectivity index (χ2n) is 6.04. The highest BCUT2D eigenvalue weighted by Crippen LogP contribution is 2.40. The van der Waals surface area contributed by atoms with Crippen LogP contribution in [0.15, 0.2) is 0 Å². The van der Waals surface area contributed by atoms with Gasteiger partial charge < -0.3 is 5.73 Å². The van der Waals surface area contributed by atoms with Crippen LogP contribution in [-0.2, 0) is 0 Å². The molecule has 0 bridgehead atoms. The van der Waals surface area contributed by atoms with Gasteiger partial charge in [0.2, 0.25) is 0 Å². The van der Waals surface area contributed by atoms with Crippen molar-refractivity contribution in [2.45, 2.75) is 58.5 Å². The summed E-state index contributed by atoms with van der Waals surface area (Å²) in [7, 11) is 0. The molecule has 14 heavy (non-hydrogen) atoms. The summed E-state index contributed by atoms with van der Waals surface area (Å²) in [5.74, 6) is 0.770. The number of likely N-dealkylation sites (tertiary alicyclic amines) is 1. The van der Waals surface area contributed by atoms with Gasteiger partial charge in [-0.1, -0.05) is 0 Å². The summed E-state index contributed by atoms with van der Waals surface area (Å²) in [5, 5.41) is 0. The second kappa shape index (κ2) is 3.82.